The summed E-state index contributed by atoms with van der Waals surface area (Å²) in [6, 6.07) is 12.2. The summed E-state index contributed by atoms with van der Waals surface area (Å²) in [7, 11) is 0. The van der Waals surface area contributed by atoms with Crippen molar-refractivity contribution in [2.45, 2.75) is 0 Å². The van der Waals surface area contributed by atoms with Crippen LogP contribution in [0.1, 0.15) is 5.56 Å². The third kappa shape index (κ3) is 4.04. The van der Waals surface area contributed by atoms with Crippen LogP contribution in [0.15, 0.2) is 59.3 Å². The molecule has 3 heteroatoms. The first-order valence-corrected chi connectivity index (χ1v) is 6.20. The largest absolute Gasteiger partial charge is 0.380 e. The summed E-state index contributed by atoms with van der Waals surface area (Å²) < 4.78 is 0.981. The van der Waals surface area contributed by atoms with Gasteiger partial charge in [-0.1, -0.05) is 42.5 Å². The van der Waals surface area contributed by atoms with Crippen molar-refractivity contribution in [2.24, 2.45) is 0 Å². The molecule has 2 nitrogen and oxygen atoms in total. The number of nitrogens with one attached hydrogen (secondary N) is 1. The van der Waals surface area contributed by atoms with Crippen molar-refractivity contribution >= 4 is 27.7 Å². The number of pyridine rings is 1. The molecule has 0 aliphatic rings. The lowest BCUT2D eigenvalue weighted by molar-refractivity contribution is 1.26. The predicted octanol–water partition coefficient (Wildman–Crippen LogP) is 3.97. The highest BCUT2D eigenvalue weighted by Gasteiger charge is 1.91. The molecule has 0 aliphatic heterocycles. The molecule has 0 saturated carbocycles. The SMILES string of the molecule is Brc1cncc(NC/C=C/c2ccccc2)c1. The van der Waals surface area contributed by atoms with E-state index in [2.05, 4.69) is 50.5 Å². The van der Waals surface area contributed by atoms with E-state index >= 15 is 0 Å². The molecule has 0 aliphatic carbocycles. The molecular weight excluding hydrogens is 276 g/mol. The molecule has 2 rings (SSSR count). The van der Waals surface area contributed by atoms with Crippen LogP contribution in [-0.2, 0) is 0 Å². The second-order valence-electron chi connectivity index (χ2n) is 3.59. The van der Waals surface area contributed by atoms with Crippen molar-refractivity contribution in [3.8, 4) is 0 Å². The third-order valence-corrected chi connectivity index (χ3v) is 2.67. The van der Waals surface area contributed by atoms with Gasteiger partial charge in [-0.15, -0.1) is 0 Å². The number of hydrogen-bond acceptors (Lipinski definition) is 2. The molecule has 0 saturated heterocycles. The van der Waals surface area contributed by atoms with Crippen LogP contribution in [0.2, 0.25) is 0 Å². The predicted molar refractivity (Wildman–Crippen MR) is 75.9 cm³/mol. The first-order chi connectivity index (χ1) is 8.34. The van der Waals surface area contributed by atoms with E-state index in [0.717, 1.165) is 16.7 Å². The summed E-state index contributed by atoms with van der Waals surface area (Å²) in [5, 5.41) is 3.28. The average molecular weight is 289 g/mol. The van der Waals surface area contributed by atoms with E-state index in [0.29, 0.717) is 0 Å². The Morgan fingerprint density at radius 3 is 2.76 bits per heavy atom. The Bertz CT molecular complexity index is 495. The van der Waals surface area contributed by atoms with Crippen LogP contribution in [-0.4, -0.2) is 11.5 Å². The Kier molecular flexibility index (Phi) is 4.33. The van der Waals surface area contributed by atoms with E-state index in [9.17, 15) is 0 Å². The minimum Gasteiger partial charge on any atom is -0.380 e. The van der Waals surface area contributed by atoms with Crippen molar-refractivity contribution in [1.82, 2.24) is 4.98 Å². The fourth-order valence-electron chi connectivity index (χ4n) is 1.44. The number of halogens is 1. The van der Waals surface area contributed by atoms with E-state index in [1.807, 2.05) is 24.3 Å². The van der Waals surface area contributed by atoms with E-state index in [1.165, 1.54) is 5.56 Å². The molecule has 17 heavy (non-hydrogen) atoms. The highest BCUT2D eigenvalue weighted by atomic mass is 79.9. The van der Waals surface area contributed by atoms with Crippen LogP contribution >= 0.6 is 15.9 Å². The van der Waals surface area contributed by atoms with Crippen LogP contribution < -0.4 is 5.32 Å². The van der Waals surface area contributed by atoms with Gasteiger partial charge in [-0.3, -0.25) is 4.98 Å². The zero-order valence-corrected chi connectivity index (χ0v) is 10.9. The Labute approximate surface area is 110 Å². The first kappa shape index (κ1) is 11.9. The van der Waals surface area contributed by atoms with Crippen molar-refractivity contribution in [2.75, 3.05) is 11.9 Å². The standard InChI is InChI=1S/C14H13BrN2/c15-13-9-14(11-16-10-13)17-8-4-7-12-5-2-1-3-6-12/h1-7,9-11,17H,8H2/b7-4+. The van der Waals surface area contributed by atoms with E-state index in [1.54, 1.807) is 12.4 Å². The minimum atomic E-state index is 0.785. The molecule has 0 bridgehead atoms. The molecule has 2 aromatic rings. The number of rotatable bonds is 4. The molecule has 0 radical (unpaired) electrons. The van der Waals surface area contributed by atoms with Gasteiger partial charge in [0.2, 0.25) is 0 Å². The van der Waals surface area contributed by atoms with Gasteiger partial charge in [0.05, 0.1) is 11.9 Å². The van der Waals surface area contributed by atoms with Gasteiger partial charge >= 0.3 is 0 Å². The molecule has 1 heterocycles. The van der Waals surface area contributed by atoms with Crippen molar-refractivity contribution in [1.29, 1.82) is 0 Å². The average Bonchev–Trinajstić information content (AvgIpc) is 2.36. The Morgan fingerprint density at radius 1 is 1.18 bits per heavy atom. The van der Waals surface area contributed by atoms with E-state index in [4.69, 9.17) is 0 Å². The second-order valence-corrected chi connectivity index (χ2v) is 4.50. The van der Waals surface area contributed by atoms with Gasteiger partial charge in [0.15, 0.2) is 0 Å². The number of anilines is 1. The highest BCUT2D eigenvalue weighted by molar-refractivity contribution is 9.10. The summed E-state index contributed by atoms with van der Waals surface area (Å²) in [4.78, 5) is 4.09. The fourth-order valence-corrected chi connectivity index (χ4v) is 1.81. The number of hydrogen-bond donors (Lipinski definition) is 1. The Morgan fingerprint density at radius 2 is 2.00 bits per heavy atom. The number of benzene rings is 1. The van der Waals surface area contributed by atoms with Crippen molar-refractivity contribution < 1.29 is 0 Å². The smallest absolute Gasteiger partial charge is 0.0540 e. The molecule has 0 spiro atoms. The monoisotopic (exact) mass is 288 g/mol. The molecule has 0 atom stereocenters. The van der Waals surface area contributed by atoms with Gasteiger partial charge in [0, 0.05) is 17.2 Å². The summed E-state index contributed by atoms with van der Waals surface area (Å²) in [5.41, 5.74) is 2.22. The highest BCUT2D eigenvalue weighted by Crippen LogP contribution is 2.13. The lowest BCUT2D eigenvalue weighted by Crippen LogP contribution is -1.98. The number of aromatic nitrogens is 1. The van der Waals surface area contributed by atoms with Crippen LogP contribution in [0.4, 0.5) is 5.69 Å². The van der Waals surface area contributed by atoms with Crippen molar-refractivity contribution in [3.05, 3.63) is 64.9 Å². The quantitative estimate of drug-likeness (QED) is 0.921. The Hall–Kier alpha value is -1.61. The lowest BCUT2D eigenvalue weighted by atomic mass is 10.2. The van der Waals surface area contributed by atoms with Gasteiger partial charge < -0.3 is 5.32 Å². The summed E-state index contributed by atoms with van der Waals surface area (Å²) in [5.74, 6) is 0. The zero-order chi connectivity index (χ0) is 11.9. The van der Waals surface area contributed by atoms with Gasteiger partial charge in [0.1, 0.15) is 0 Å². The molecule has 0 unspecified atom stereocenters. The van der Waals surface area contributed by atoms with Crippen molar-refractivity contribution in [3.63, 3.8) is 0 Å². The normalized spacial score (nSPS) is 10.6. The maximum absolute atomic E-state index is 4.09. The fraction of sp³-hybridized carbons (Fsp3) is 0.0714. The van der Waals surface area contributed by atoms with Gasteiger partial charge in [-0.05, 0) is 27.6 Å². The lowest BCUT2D eigenvalue weighted by Gasteiger charge is -2.02. The van der Waals surface area contributed by atoms with E-state index in [-0.39, 0.29) is 0 Å². The molecule has 1 aromatic heterocycles. The molecule has 1 N–H and O–H groups in total. The molecule has 0 amide bonds. The zero-order valence-electron chi connectivity index (χ0n) is 9.31. The van der Waals surface area contributed by atoms with Crippen LogP contribution in [0.5, 0.6) is 0 Å². The first-order valence-electron chi connectivity index (χ1n) is 5.40. The van der Waals surface area contributed by atoms with Crippen LogP contribution in [0, 0.1) is 0 Å². The molecule has 1 aromatic carbocycles. The minimum absolute atomic E-state index is 0.785. The van der Waals surface area contributed by atoms with Gasteiger partial charge in [-0.2, -0.15) is 0 Å². The van der Waals surface area contributed by atoms with Gasteiger partial charge in [-0.25, -0.2) is 0 Å². The number of nitrogens with zero attached hydrogens (tertiary/aromatic N) is 1. The second kappa shape index (κ2) is 6.21. The molecule has 86 valence electrons. The van der Waals surface area contributed by atoms with Gasteiger partial charge in [0.25, 0.3) is 0 Å². The Balaban J connectivity index is 1.86. The maximum Gasteiger partial charge on any atom is 0.0540 e. The summed E-state index contributed by atoms with van der Waals surface area (Å²) in [6.45, 7) is 0.785. The third-order valence-electron chi connectivity index (χ3n) is 2.24. The van der Waals surface area contributed by atoms with E-state index < -0.39 is 0 Å². The topological polar surface area (TPSA) is 24.9 Å². The molecule has 0 fully saturated rings. The van der Waals surface area contributed by atoms with Crippen LogP contribution in [0.25, 0.3) is 6.08 Å². The summed E-state index contributed by atoms with van der Waals surface area (Å²) >= 11 is 3.39. The summed E-state index contributed by atoms with van der Waals surface area (Å²) in [6.07, 6.45) is 7.76. The molecular formula is C14H13BrN2. The van der Waals surface area contributed by atoms with Crippen LogP contribution in [0.3, 0.4) is 0 Å². The maximum atomic E-state index is 4.09.